The third kappa shape index (κ3) is 6.92. The lowest BCUT2D eigenvalue weighted by molar-refractivity contribution is -0.145. The van der Waals surface area contributed by atoms with Gasteiger partial charge in [-0.05, 0) is 42.5 Å². The van der Waals surface area contributed by atoms with E-state index < -0.39 is 29.6 Å². The number of halogens is 4. The Hall–Kier alpha value is -3.31. The second kappa shape index (κ2) is 11.4. The van der Waals surface area contributed by atoms with E-state index >= 15 is 0 Å². The first kappa shape index (κ1) is 26.7. The van der Waals surface area contributed by atoms with Crippen molar-refractivity contribution in [3.05, 3.63) is 59.1 Å². The molecule has 2 aromatic carbocycles. The zero-order valence-corrected chi connectivity index (χ0v) is 20.7. The lowest BCUT2D eigenvalue weighted by Crippen LogP contribution is -2.60. The van der Waals surface area contributed by atoms with E-state index in [2.05, 4.69) is 15.5 Å². The molecular weight excluding hydrogens is 511 g/mol. The Bertz CT molecular complexity index is 1140. The highest BCUT2D eigenvalue weighted by Crippen LogP contribution is 2.30. The van der Waals surface area contributed by atoms with Crippen molar-refractivity contribution >= 4 is 40.7 Å². The first-order valence-electron chi connectivity index (χ1n) is 11.9. The highest BCUT2D eigenvalue weighted by molar-refractivity contribution is 6.30. The fraction of sp³-hybridized carbons (Fsp3) is 0.400. The minimum absolute atomic E-state index is 0.0347. The number of hydrogen-bond acceptors (Lipinski definition) is 5. The minimum Gasteiger partial charge on any atom is -0.369 e. The lowest BCUT2D eigenvalue weighted by Gasteiger charge is -2.39. The molecule has 0 unspecified atom stereocenters. The number of nitrogens with zero attached hydrogens (tertiary/aromatic N) is 3. The maximum atomic E-state index is 13.1. The maximum absolute atomic E-state index is 13.1. The maximum Gasteiger partial charge on any atom is 0.416 e. The first-order valence-corrected chi connectivity index (χ1v) is 12.2. The molecule has 2 aliphatic rings. The van der Waals surface area contributed by atoms with Crippen LogP contribution in [0.5, 0.6) is 0 Å². The number of alkyl halides is 3. The van der Waals surface area contributed by atoms with Gasteiger partial charge in [-0.1, -0.05) is 17.7 Å². The molecule has 0 aromatic heterocycles. The van der Waals surface area contributed by atoms with Crippen LogP contribution in [0.4, 0.5) is 24.5 Å². The summed E-state index contributed by atoms with van der Waals surface area (Å²) in [4.78, 5) is 43.9. The molecule has 2 aliphatic heterocycles. The van der Waals surface area contributed by atoms with Crippen LogP contribution >= 0.6 is 11.6 Å². The van der Waals surface area contributed by atoms with Crippen molar-refractivity contribution in [3.8, 4) is 0 Å². The Morgan fingerprint density at radius 1 is 1.03 bits per heavy atom. The fourth-order valence-electron chi connectivity index (χ4n) is 4.48. The van der Waals surface area contributed by atoms with Gasteiger partial charge in [0, 0.05) is 55.7 Å². The second-order valence-corrected chi connectivity index (χ2v) is 9.40. The van der Waals surface area contributed by atoms with Crippen LogP contribution < -0.4 is 15.5 Å². The molecule has 4 rings (SSSR count). The van der Waals surface area contributed by atoms with E-state index in [1.807, 2.05) is 29.2 Å². The van der Waals surface area contributed by atoms with E-state index in [0.717, 1.165) is 30.9 Å². The molecule has 2 N–H and O–H groups in total. The SMILES string of the molecule is O=C(C[C@@H]1C(=O)NCCN1C(=O)CN1CCN(c2ccc(Cl)cc2)CC1)Nc1cccc(C(F)(F)F)c1. The summed E-state index contributed by atoms with van der Waals surface area (Å²) in [5.41, 5.74) is 0.121. The molecule has 0 saturated carbocycles. The molecule has 2 heterocycles. The molecule has 3 amide bonds. The molecule has 2 fully saturated rings. The summed E-state index contributed by atoms with van der Waals surface area (Å²) >= 11 is 5.96. The van der Waals surface area contributed by atoms with Crippen LogP contribution in [0.15, 0.2) is 48.5 Å². The predicted octanol–water partition coefficient (Wildman–Crippen LogP) is 2.84. The summed E-state index contributed by atoms with van der Waals surface area (Å²) < 4.78 is 38.9. The zero-order valence-electron chi connectivity index (χ0n) is 19.9. The Labute approximate surface area is 217 Å². The van der Waals surface area contributed by atoms with Crippen molar-refractivity contribution in [2.45, 2.75) is 18.6 Å². The molecule has 1 atom stereocenters. The van der Waals surface area contributed by atoms with Gasteiger partial charge in [0.25, 0.3) is 0 Å². The molecule has 2 aromatic rings. The topological polar surface area (TPSA) is 85.0 Å². The molecule has 8 nitrogen and oxygen atoms in total. The van der Waals surface area contributed by atoms with Crippen molar-refractivity contribution in [1.82, 2.24) is 15.1 Å². The van der Waals surface area contributed by atoms with Gasteiger partial charge in [-0.2, -0.15) is 13.2 Å². The van der Waals surface area contributed by atoms with Crippen molar-refractivity contribution in [3.63, 3.8) is 0 Å². The standard InChI is InChI=1S/C25H27ClF3N5O3/c26-18-4-6-20(7-5-18)33-12-10-32(11-13-33)16-23(36)34-9-8-30-24(37)21(34)15-22(35)31-19-3-1-2-17(14-19)25(27,28)29/h1-7,14,21H,8-13,15-16H2,(H,30,37)(H,31,35)/t21-/m1/s1. The highest BCUT2D eigenvalue weighted by Gasteiger charge is 2.36. The summed E-state index contributed by atoms with van der Waals surface area (Å²) in [6, 6.07) is 10.8. The number of benzene rings is 2. The molecule has 0 spiro atoms. The normalized spacial score (nSPS) is 18.9. The fourth-order valence-corrected chi connectivity index (χ4v) is 4.60. The summed E-state index contributed by atoms with van der Waals surface area (Å²) in [5, 5.41) is 5.72. The summed E-state index contributed by atoms with van der Waals surface area (Å²) in [5.74, 6) is -1.39. The first-order chi connectivity index (χ1) is 17.6. The largest absolute Gasteiger partial charge is 0.416 e. The Morgan fingerprint density at radius 3 is 2.41 bits per heavy atom. The quantitative estimate of drug-likeness (QED) is 0.592. The average molecular weight is 538 g/mol. The average Bonchev–Trinajstić information content (AvgIpc) is 2.86. The van der Waals surface area contributed by atoms with E-state index in [0.29, 0.717) is 18.1 Å². The number of piperazine rings is 2. The molecule has 0 aliphatic carbocycles. The molecule has 2 saturated heterocycles. The van der Waals surface area contributed by atoms with E-state index in [-0.39, 0.29) is 37.6 Å². The number of anilines is 2. The van der Waals surface area contributed by atoms with Crippen molar-refractivity contribution in [1.29, 1.82) is 0 Å². The van der Waals surface area contributed by atoms with Crippen LogP contribution in [0.2, 0.25) is 5.02 Å². The predicted molar refractivity (Wildman–Crippen MR) is 133 cm³/mol. The Balaban J connectivity index is 1.33. The van der Waals surface area contributed by atoms with Gasteiger partial charge in [-0.15, -0.1) is 0 Å². The third-order valence-electron chi connectivity index (χ3n) is 6.43. The van der Waals surface area contributed by atoms with Crippen LogP contribution in [0.3, 0.4) is 0 Å². The van der Waals surface area contributed by atoms with Crippen molar-refractivity contribution in [2.75, 3.05) is 56.0 Å². The Kier molecular flexibility index (Phi) is 8.23. The summed E-state index contributed by atoms with van der Waals surface area (Å²) in [6.45, 7) is 3.35. The number of rotatable bonds is 6. The molecule has 0 radical (unpaired) electrons. The van der Waals surface area contributed by atoms with Crippen LogP contribution in [0, 0.1) is 0 Å². The van der Waals surface area contributed by atoms with E-state index in [1.165, 1.54) is 17.0 Å². The number of amides is 3. The summed E-state index contributed by atoms with van der Waals surface area (Å²) in [7, 11) is 0. The number of carbonyl (C=O) groups is 3. The second-order valence-electron chi connectivity index (χ2n) is 8.96. The lowest BCUT2D eigenvalue weighted by atomic mass is 10.1. The Morgan fingerprint density at radius 2 is 1.73 bits per heavy atom. The van der Waals surface area contributed by atoms with Gasteiger partial charge < -0.3 is 20.4 Å². The van der Waals surface area contributed by atoms with E-state index in [4.69, 9.17) is 11.6 Å². The van der Waals surface area contributed by atoms with Gasteiger partial charge in [0.15, 0.2) is 0 Å². The monoisotopic (exact) mass is 537 g/mol. The smallest absolute Gasteiger partial charge is 0.369 e. The van der Waals surface area contributed by atoms with Crippen molar-refractivity contribution < 1.29 is 27.6 Å². The minimum atomic E-state index is -4.55. The molecule has 12 heteroatoms. The van der Waals surface area contributed by atoms with Crippen LogP contribution in [0.25, 0.3) is 0 Å². The zero-order chi connectivity index (χ0) is 26.6. The van der Waals surface area contributed by atoms with Crippen LogP contribution in [0.1, 0.15) is 12.0 Å². The van der Waals surface area contributed by atoms with E-state index in [9.17, 15) is 27.6 Å². The van der Waals surface area contributed by atoms with Gasteiger partial charge >= 0.3 is 6.18 Å². The summed E-state index contributed by atoms with van der Waals surface area (Å²) in [6.07, 6.45) is -4.91. The highest BCUT2D eigenvalue weighted by atomic mass is 35.5. The molecule has 0 bridgehead atoms. The third-order valence-corrected chi connectivity index (χ3v) is 6.68. The number of hydrogen-bond donors (Lipinski definition) is 2. The van der Waals surface area contributed by atoms with Crippen LogP contribution in [-0.2, 0) is 20.6 Å². The number of carbonyl (C=O) groups excluding carboxylic acids is 3. The molecule has 37 heavy (non-hydrogen) atoms. The van der Waals surface area contributed by atoms with Gasteiger partial charge in [0.05, 0.1) is 18.5 Å². The van der Waals surface area contributed by atoms with Gasteiger partial charge in [-0.25, -0.2) is 0 Å². The van der Waals surface area contributed by atoms with Crippen LogP contribution in [-0.4, -0.2) is 79.4 Å². The molecular formula is C25H27ClF3N5O3. The molecule has 198 valence electrons. The van der Waals surface area contributed by atoms with E-state index in [1.54, 1.807) is 0 Å². The van der Waals surface area contributed by atoms with Gasteiger partial charge in [-0.3, -0.25) is 19.3 Å². The van der Waals surface area contributed by atoms with Gasteiger partial charge in [0.1, 0.15) is 6.04 Å². The van der Waals surface area contributed by atoms with Crippen molar-refractivity contribution in [2.24, 2.45) is 0 Å². The number of nitrogens with one attached hydrogen (secondary N) is 2. The van der Waals surface area contributed by atoms with Gasteiger partial charge in [0.2, 0.25) is 17.7 Å².